The Bertz CT molecular complexity index is 1080. The summed E-state index contributed by atoms with van der Waals surface area (Å²) in [6.45, 7) is 1.83. The van der Waals surface area contributed by atoms with Gasteiger partial charge in [-0.15, -0.1) is 0 Å². The summed E-state index contributed by atoms with van der Waals surface area (Å²) in [4.78, 5) is 32.4. The molecule has 1 amide bonds. The Balaban J connectivity index is 1.62. The lowest BCUT2D eigenvalue weighted by Gasteiger charge is -2.27. The fraction of sp³-hybridized carbons (Fsp3) is 0.375. The molecular weight excluding hydrogens is 362 g/mol. The van der Waals surface area contributed by atoms with Crippen molar-refractivity contribution in [3.05, 3.63) is 70.3 Å². The molecule has 29 heavy (non-hydrogen) atoms. The molecule has 0 aliphatic heterocycles. The van der Waals surface area contributed by atoms with Crippen molar-refractivity contribution in [3.8, 4) is 5.69 Å². The first kappa shape index (κ1) is 19.4. The van der Waals surface area contributed by atoms with Gasteiger partial charge in [-0.3, -0.25) is 14.2 Å². The third-order valence-electron chi connectivity index (χ3n) is 6.01. The summed E-state index contributed by atoms with van der Waals surface area (Å²) in [6.07, 6.45) is 7.08. The summed E-state index contributed by atoms with van der Waals surface area (Å²) < 4.78 is 1.60. The molecule has 1 aliphatic rings. The molecule has 0 N–H and O–H groups in total. The van der Waals surface area contributed by atoms with Crippen LogP contribution in [0.4, 0.5) is 0 Å². The lowest BCUT2D eigenvalue weighted by Crippen LogP contribution is -2.36. The van der Waals surface area contributed by atoms with Gasteiger partial charge in [-0.1, -0.05) is 37.8 Å². The maximum Gasteiger partial charge on any atom is 0.265 e. The summed E-state index contributed by atoms with van der Waals surface area (Å²) in [5.41, 5.74) is 1.98. The second-order valence-electron chi connectivity index (χ2n) is 7.93. The molecule has 5 nitrogen and oxygen atoms in total. The molecule has 4 rings (SSSR count). The van der Waals surface area contributed by atoms with Gasteiger partial charge in [0.25, 0.3) is 11.5 Å². The lowest BCUT2D eigenvalue weighted by molar-refractivity contribution is 0.0717. The monoisotopic (exact) mass is 389 g/mol. The minimum Gasteiger partial charge on any atom is -0.339 e. The Hall–Kier alpha value is -2.95. The molecule has 0 atom stereocenters. The van der Waals surface area contributed by atoms with Gasteiger partial charge in [0.2, 0.25) is 0 Å². The van der Waals surface area contributed by atoms with E-state index in [0.29, 0.717) is 28.3 Å². The molecule has 3 aromatic rings. The predicted molar refractivity (Wildman–Crippen MR) is 116 cm³/mol. The number of carbonyl (C=O) groups excluding carboxylic acids is 1. The maximum absolute atomic E-state index is 13.0. The van der Waals surface area contributed by atoms with Crippen molar-refractivity contribution >= 4 is 16.8 Å². The van der Waals surface area contributed by atoms with E-state index in [4.69, 9.17) is 0 Å². The van der Waals surface area contributed by atoms with Crippen molar-refractivity contribution in [1.82, 2.24) is 14.5 Å². The summed E-state index contributed by atoms with van der Waals surface area (Å²) in [7, 11) is 1.91. The van der Waals surface area contributed by atoms with Gasteiger partial charge >= 0.3 is 0 Å². The number of rotatable bonds is 3. The Morgan fingerprint density at radius 2 is 1.66 bits per heavy atom. The zero-order valence-corrected chi connectivity index (χ0v) is 17.1. The number of hydrogen-bond donors (Lipinski definition) is 0. The molecule has 0 spiro atoms. The van der Waals surface area contributed by atoms with Gasteiger partial charge in [0.1, 0.15) is 5.82 Å². The first-order valence-electron chi connectivity index (χ1n) is 10.4. The van der Waals surface area contributed by atoms with Crippen LogP contribution in [0, 0.1) is 6.92 Å². The number of hydrogen-bond acceptors (Lipinski definition) is 3. The highest BCUT2D eigenvalue weighted by Gasteiger charge is 2.22. The smallest absolute Gasteiger partial charge is 0.265 e. The summed E-state index contributed by atoms with van der Waals surface area (Å²) >= 11 is 0. The topological polar surface area (TPSA) is 55.2 Å². The second kappa shape index (κ2) is 8.19. The number of para-hydroxylation sites is 1. The molecule has 0 bridgehead atoms. The zero-order valence-electron chi connectivity index (χ0n) is 17.1. The molecule has 0 unspecified atom stereocenters. The molecule has 1 heterocycles. The lowest BCUT2D eigenvalue weighted by atomic mass is 10.1. The average Bonchev–Trinajstić information content (AvgIpc) is 3.03. The second-order valence-corrected chi connectivity index (χ2v) is 7.93. The van der Waals surface area contributed by atoms with Crippen LogP contribution in [0.2, 0.25) is 0 Å². The van der Waals surface area contributed by atoms with E-state index in [2.05, 4.69) is 4.98 Å². The molecule has 0 radical (unpaired) electrons. The van der Waals surface area contributed by atoms with Gasteiger partial charge in [-0.2, -0.15) is 0 Å². The van der Waals surface area contributed by atoms with E-state index in [1.54, 1.807) is 10.6 Å². The van der Waals surface area contributed by atoms with E-state index < -0.39 is 0 Å². The minimum absolute atomic E-state index is 0.0455. The minimum atomic E-state index is -0.0947. The summed E-state index contributed by atoms with van der Waals surface area (Å²) in [6, 6.07) is 15.0. The van der Waals surface area contributed by atoms with Crippen LogP contribution < -0.4 is 5.56 Å². The van der Waals surface area contributed by atoms with Gasteiger partial charge < -0.3 is 4.90 Å². The standard InChI is InChI=1S/C24H27N3O2/c1-17-25-22-12-8-7-11-21(22)24(29)27(17)20-15-13-18(14-16-20)23(28)26(2)19-9-5-3-4-6-10-19/h7-8,11-16,19H,3-6,9-10H2,1-2H3. The number of aromatic nitrogens is 2. The highest BCUT2D eigenvalue weighted by Crippen LogP contribution is 2.23. The Labute approximate surface area is 171 Å². The first-order chi connectivity index (χ1) is 14.1. The van der Waals surface area contributed by atoms with Crippen molar-refractivity contribution in [3.63, 3.8) is 0 Å². The van der Waals surface area contributed by atoms with Crippen molar-refractivity contribution in [2.45, 2.75) is 51.5 Å². The predicted octanol–water partition coefficient (Wildman–Crippen LogP) is 4.49. The van der Waals surface area contributed by atoms with Crippen LogP contribution in [-0.2, 0) is 0 Å². The molecule has 1 saturated carbocycles. The molecule has 1 aromatic heterocycles. The molecule has 1 fully saturated rings. The van der Waals surface area contributed by atoms with E-state index in [1.807, 2.05) is 61.3 Å². The SMILES string of the molecule is Cc1nc2ccccc2c(=O)n1-c1ccc(C(=O)N(C)C2CCCCCC2)cc1. The van der Waals surface area contributed by atoms with Crippen LogP contribution in [-0.4, -0.2) is 33.4 Å². The normalized spacial score (nSPS) is 15.2. The van der Waals surface area contributed by atoms with Crippen LogP contribution in [0.1, 0.15) is 54.7 Å². The van der Waals surface area contributed by atoms with Gasteiger partial charge in [-0.05, 0) is 56.2 Å². The molecule has 150 valence electrons. The molecular formula is C24H27N3O2. The number of aryl methyl sites for hydroxylation is 1. The quantitative estimate of drug-likeness (QED) is 0.620. The zero-order chi connectivity index (χ0) is 20.4. The number of carbonyl (C=O) groups is 1. The van der Waals surface area contributed by atoms with Crippen LogP contribution in [0.3, 0.4) is 0 Å². The molecule has 5 heteroatoms. The summed E-state index contributed by atoms with van der Waals surface area (Å²) in [5.74, 6) is 0.674. The Morgan fingerprint density at radius 1 is 1.00 bits per heavy atom. The highest BCUT2D eigenvalue weighted by atomic mass is 16.2. The highest BCUT2D eigenvalue weighted by molar-refractivity contribution is 5.94. The first-order valence-corrected chi connectivity index (χ1v) is 10.4. The van der Waals surface area contributed by atoms with Crippen LogP contribution in [0.5, 0.6) is 0 Å². The summed E-state index contributed by atoms with van der Waals surface area (Å²) in [5, 5.41) is 0.589. The van der Waals surface area contributed by atoms with Crippen molar-refractivity contribution in [2.24, 2.45) is 0 Å². The number of benzene rings is 2. The van der Waals surface area contributed by atoms with Crippen LogP contribution in [0.15, 0.2) is 53.3 Å². The van der Waals surface area contributed by atoms with Gasteiger partial charge in [0.15, 0.2) is 0 Å². The Kier molecular flexibility index (Phi) is 5.47. The van der Waals surface area contributed by atoms with E-state index in [1.165, 1.54) is 25.7 Å². The van der Waals surface area contributed by atoms with Gasteiger partial charge in [-0.25, -0.2) is 4.98 Å². The van der Waals surface area contributed by atoms with E-state index in [9.17, 15) is 9.59 Å². The van der Waals surface area contributed by atoms with Crippen molar-refractivity contribution in [1.29, 1.82) is 0 Å². The Morgan fingerprint density at radius 3 is 2.34 bits per heavy atom. The van der Waals surface area contributed by atoms with Crippen LogP contribution in [0.25, 0.3) is 16.6 Å². The van der Waals surface area contributed by atoms with Crippen molar-refractivity contribution in [2.75, 3.05) is 7.05 Å². The maximum atomic E-state index is 13.0. The number of amides is 1. The van der Waals surface area contributed by atoms with E-state index in [0.717, 1.165) is 18.5 Å². The number of nitrogens with zero attached hydrogens (tertiary/aromatic N) is 3. The van der Waals surface area contributed by atoms with E-state index in [-0.39, 0.29) is 11.5 Å². The van der Waals surface area contributed by atoms with Crippen LogP contribution >= 0.6 is 0 Å². The molecule has 0 saturated heterocycles. The van der Waals surface area contributed by atoms with Gasteiger partial charge in [0, 0.05) is 18.7 Å². The van der Waals surface area contributed by atoms with Crippen molar-refractivity contribution < 1.29 is 4.79 Å². The average molecular weight is 389 g/mol. The largest absolute Gasteiger partial charge is 0.339 e. The third-order valence-corrected chi connectivity index (χ3v) is 6.01. The fourth-order valence-corrected chi connectivity index (χ4v) is 4.32. The molecule has 1 aliphatic carbocycles. The van der Waals surface area contributed by atoms with E-state index >= 15 is 0 Å². The number of fused-ring (bicyclic) bond motifs is 1. The fourth-order valence-electron chi connectivity index (χ4n) is 4.32. The molecule has 2 aromatic carbocycles. The van der Waals surface area contributed by atoms with Gasteiger partial charge in [0.05, 0.1) is 16.6 Å². The third kappa shape index (κ3) is 3.82.